The maximum absolute atomic E-state index is 12.2. The van der Waals surface area contributed by atoms with Gasteiger partial charge in [0.15, 0.2) is 11.7 Å². The van der Waals surface area contributed by atoms with E-state index in [0.29, 0.717) is 17.7 Å². The molecule has 4 N–H and O–H groups in total. The number of anilines is 1. The van der Waals surface area contributed by atoms with Gasteiger partial charge in [0.25, 0.3) is 17.5 Å². The van der Waals surface area contributed by atoms with Crippen molar-refractivity contribution in [2.45, 2.75) is 19.8 Å². The molecular formula is C20H21N5O6S. The number of nitrogens with zero attached hydrogens (tertiary/aromatic N) is 1. The fourth-order valence-corrected chi connectivity index (χ4v) is 2.51. The van der Waals surface area contributed by atoms with E-state index in [1.165, 1.54) is 36.4 Å². The van der Waals surface area contributed by atoms with Crippen LogP contribution in [-0.2, 0) is 9.59 Å². The van der Waals surface area contributed by atoms with Crippen molar-refractivity contribution in [3.63, 3.8) is 0 Å². The lowest BCUT2D eigenvalue weighted by Crippen LogP contribution is -2.49. The van der Waals surface area contributed by atoms with Crippen molar-refractivity contribution in [2.24, 2.45) is 0 Å². The number of carbonyl (C=O) groups excluding carboxylic acids is 3. The normalized spacial score (nSPS) is 9.91. The average Bonchev–Trinajstić information content (AvgIpc) is 2.77. The number of nitrogens with one attached hydrogen (secondary N) is 4. The Morgan fingerprint density at radius 1 is 1.00 bits per heavy atom. The minimum absolute atomic E-state index is 0.0983. The predicted molar refractivity (Wildman–Crippen MR) is 120 cm³/mol. The van der Waals surface area contributed by atoms with E-state index < -0.39 is 23.3 Å². The predicted octanol–water partition coefficient (Wildman–Crippen LogP) is 2.05. The van der Waals surface area contributed by atoms with E-state index in [0.717, 1.165) is 6.42 Å². The van der Waals surface area contributed by atoms with E-state index in [-0.39, 0.29) is 22.5 Å². The molecule has 2 aromatic carbocycles. The summed E-state index contributed by atoms with van der Waals surface area (Å²) in [4.78, 5) is 45.7. The van der Waals surface area contributed by atoms with Gasteiger partial charge in [0.1, 0.15) is 5.75 Å². The van der Waals surface area contributed by atoms with Crippen LogP contribution >= 0.6 is 12.2 Å². The van der Waals surface area contributed by atoms with Gasteiger partial charge in [-0.1, -0.05) is 6.92 Å². The SMILES string of the molecule is CCCC(=O)Nc1ccc(C(=O)NNC(=S)NC(=O)COc2ccc([N+](=O)[O-])cc2)cc1. The molecule has 2 aromatic rings. The lowest BCUT2D eigenvalue weighted by molar-refractivity contribution is -0.384. The standard InChI is InChI=1S/C20H21N5O6S/c1-2-3-17(26)21-14-6-4-13(5-7-14)19(28)23-24-20(32)22-18(27)12-31-16-10-8-15(9-11-16)25(29)30/h4-11H,2-3,12H2,1H3,(H,21,26)(H,23,28)(H2,22,24,27,32). The summed E-state index contributed by atoms with van der Waals surface area (Å²) in [6, 6.07) is 11.5. The number of nitro benzene ring substituents is 1. The third kappa shape index (κ3) is 7.99. The lowest BCUT2D eigenvalue weighted by Gasteiger charge is -2.11. The fraction of sp³-hybridized carbons (Fsp3) is 0.200. The third-order valence-corrected chi connectivity index (χ3v) is 4.07. The van der Waals surface area contributed by atoms with Crippen LogP contribution in [0.1, 0.15) is 30.1 Å². The van der Waals surface area contributed by atoms with E-state index in [4.69, 9.17) is 17.0 Å². The molecule has 3 amide bonds. The van der Waals surface area contributed by atoms with Gasteiger partial charge in [-0.3, -0.25) is 40.7 Å². The zero-order valence-electron chi connectivity index (χ0n) is 17.0. The van der Waals surface area contributed by atoms with Crippen molar-refractivity contribution < 1.29 is 24.0 Å². The van der Waals surface area contributed by atoms with E-state index in [1.807, 2.05) is 6.92 Å². The van der Waals surface area contributed by atoms with E-state index in [1.54, 1.807) is 12.1 Å². The molecule has 0 radical (unpaired) electrons. The molecule has 0 unspecified atom stereocenters. The first kappa shape index (κ1) is 24.2. The van der Waals surface area contributed by atoms with Crippen LogP contribution in [0.3, 0.4) is 0 Å². The lowest BCUT2D eigenvalue weighted by atomic mass is 10.2. The highest BCUT2D eigenvalue weighted by Gasteiger charge is 2.10. The van der Waals surface area contributed by atoms with Gasteiger partial charge in [-0.15, -0.1) is 0 Å². The molecule has 0 aliphatic heterocycles. The van der Waals surface area contributed by atoms with Gasteiger partial charge in [0, 0.05) is 29.8 Å². The Morgan fingerprint density at radius 3 is 2.25 bits per heavy atom. The highest BCUT2D eigenvalue weighted by molar-refractivity contribution is 7.80. The molecule has 2 rings (SSSR count). The fourth-order valence-electron chi connectivity index (χ4n) is 2.35. The van der Waals surface area contributed by atoms with Crippen molar-refractivity contribution in [2.75, 3.05) is 11.9 Å². The summed E-state index contributed by atoms with van der Waals surface area (Å²) < 4.78 is 5.21. The van der Waals surface area contributed by atoms with Crippen molar-refractivity contribution >= 4 is 46.4 Å². The molecule has 168 valence electrons. The molecule has 0 aliphatic carbocycles. The van der Waals surface area contributed by atoms with Crippen LogP contribution in [-0.4, -0.2) is 34.4 Å². The molecule has 32 heavy (non-hydrogen) atoms. The number of rotatable bonds is 8. The summed E-state index contributed by atoms with van der Waals surface area (Å²) in [5.74, 6) is -0.935. The second-order valence-corrected chi connectivity index (χ2v) is 6.78. The second-order valence-electron chi connectivity index (χ2n) is 6.37. The number of thiocarbonyl (C=S) groups is 1. The summed E-state index contributed by atoms with van der Waals surface area (Å²) in [5, 5.41) is 15.5. The number of amides is 3. The molecular weight excluding hydrogens is 438 g/mol. The van der Waals surface area contributed by atoms with Crippen LogP contribution < -0.4 is 26.2 Å². The molecule has 0 heterocycles. The van der Waals surface area contributed by atoms with Crippen LogP contribution in [0, 0.1) is 10.1 Å². The zero-order valence-corrected chi connectivity index (χ0v) is 17.9. The monoisotopic (exact) mass is 459 g/mol. The number of non-ortho nitro benzene ring substituents is 1. The van der Waals surface area contributed by atoms with Crippen molar-refractivity contribution in [1.82, 2.24) is 16.2 Å². The number of hydrogen-bond acceptors (Lipinski definition) is 7. The quantitative estimate of drug-likeness (QED) is 0.266. The molecule has 0 bridgehead atoms. The van der Waals surface area contributed by atoms with Crippen molar-refractivity contribution in [3.05, 3.63) is 64.2 Å². The Kier molecular flexibility index (Phi) is 9.05. The average molecular weight is 459 g/mol. The first-order valence-electron chi connectivity index (χ1n) is 9.45. The Morgan fingerprint density at radius 2 is 1.66 bits per heavy atom. The van der Waals surface area contributed by atoms with E-state index in [2.05, 4.69) is 21.5 Å². The summed E-state index contributed by atoms with van der Waals surface area (Å²) in [7, 11) is 0. The third-order valence-electron chi connectivity index (χ3n) is 3.87. The van der Waals surface area contributed by atoms with Crippen LogP contribution in [0.4, 0.5) is 11.4 Å². The smallest absolute Gasteiger partial charge is 0.269 e. The van der Waals surface area contributed by atoms with Crippen molar-refractivity contribution in [1.29, 1.82) is 0 Å². The number of benzene rings is 2. The van der Waals surface area contributed by atoms with Crippen LogP contribution in [0.5, 0.6) is 5.75 Å². The summed E-state index contributed by atoms with van der Waals surface area (Å²) in [6.45, 7) is 1.51. The molecule has 0 saturated carbocycles. The Labute approximate surface area is 188 Å². The maximum atomic E-state index is 12.2. The number of nitro groups is 1. The molecule has 0 aromatic heterocycles. The highest BCUT2D eigenvalue weighted by atomic mass is 32.1. The van der Waals surface area contributed by atoms with Gasteiger partial charge >= 0.3 is 0 Å². The zero-order chi connectivity index (χ0) is 23.5. The maximum Gasteiger partial charge on any atom is 0.269 e. The minimum atomic E-state index is -0.595. The van der Waals surface area contributed by atoms with Gasteiger partial charge in [-0.05, 0) is 55.0 Å². The first-order chi connectivity index (χ1) is 15.3. The number of hydrogen-bond donors (Lipinski definition) is 4. The highest BCUT2D eigenvalue weighted by Crippen LogP contribution is 2.17. The summed E-state index contributed by atoms with van der Waals surface area (Å²) in [5.41, 5.74) is 5.51. The molecule has 0 atom stereocenters. The summed E-state index contributed by atoms with van der Waals surface area (Å²) >= 11 is 4.93. The number of carbonyl (C=O) groups is 3. The molecule has 0 fully saturated rings. The Bertz CT molecular complexity index is 995. The van der Waals surface area contributed by atoms with Crippen LogP contribution in [0.25, 0.3) is 0 Å². The van der Waals surface area contributed by atoms with Gasteiger partial charge in [0.2, 0.25) is 5.91 Å². The van der Waals surface area contributed by atoms with Crippen LogP contribution in [0.15, 0.2) is 48.5 Å². The van der Waals surface area contributed by atoms with Gasteiger partial charge in [0.05, 0.1) is 4.92 Å². The van der Waals surface area contributed by atoms with E-state index in [9.17, 15) is 24.5 Å². The molecule has 0 aliphatic rings. The van der Waals surface area contributed by atoms with Crippen LogP contribution in [0.2, 0.25) is 0 Å². The second kappa shape index (κ2) is 12.0. The van der Waals surface area contributed by atoms with Gasteiger partial charge in [-0.25, -0.2) is 0 Å². The number of hydrazine groups is 1. The number of ether oxygens (including phenoxy) is 1. The van der Waals surface area contributed by atoms with Gasteiger partial charge < -0.3 is 10.1 Å². The topological polar surface area (TPSA) is 152 Å². The molecule has 11 nitrogen and oxygen atoms in total. The summed E-state index contributed by atoms with van der Waals surface area (Å²) in [6.07, 6.45) is 1.14. The van der Waals surface area contributed by atoms with Crippen molar-refractivity contribution in [3.8, 4) is 5.75 Å². The van der Waals surface area contributed by atoms with E-state index >= 15 is 0 Å². The van der Waals surface area contributed by atoms with Gasteiger partial charge in [-0.2, -0.15) is 0 Å². The first-order valence-corrected chi connectivity index (χ1v) is 9.86. The Hall–Kier alpha value is -4.06. The molecule has 0 saturated heterocycles. The molecule has 12 heteroatoms. The largest absolute Gasteiger partial charge is 0.484 e. The molecule has 0 spiro atoms. The Balaban J connectivity index is 1.73. The minimum Gasteiger partial charge on any atom is -0.484 e.